The van der Waals surface area contributed by atoms with Crippen LogP contribution in [0.4, 0.5) is 10.1 Å². The first-order valence-electron chi connectivity index (χ1n) is 5.71. The van der Waals surface area contributed by atoms with Crippen LogP contribution in [0, 0.1) is 18.2 Å². The summed E-state index contributed by atoms with van der Waals surface area (Å²) in [5.41, 5.74) is 3.41. The highest BCUT2D eigenvalue weighted by Gasteiger charge is 2.27. The number of nitrogens with zero attached hydrogens (tertiary/aromatic N) is 3. The monoisotopic (exact) mass is 244 g/mol. The van der Waals surface area contributed by atoms with Gasteiger partial charge in [0, 0.05) is 18.8 Å². The van der Waals surface area contributed by atoms with Crippen LogP contribution in [0.15, 0.2) is 24.4 Å². The third kappa shape index (κ3) is 1.51. The van der Waals surface area contributed by atoms with E-state index in [1.165, 1.54) is 12.1 Å². The Labute approximate surface area is 104 Å². The van der Waals surface area contributed by atoms with Crippen molar-refractivity contribution in [2.24, 2.45) is 7.05 Å². The Morgan fingerprint density at radius 1 is 1.39 bits per heavy atom. The summed E-state index contributed by atoms with van der Waals surface area (Å²) in [6.07, 6.45) is 1.88. The molecule has 0 aliphatic carbocycles. The number of anilines is 1. The van der Waals surface area contributed by atoms with E-state index in [2.05, 4.69) is 5.10 Å². The van der Waals surface area contributed by atoms with Crippen molar-refractivity contribution in [1.29, 1.82) is 5.41 Å². The van der Waals surface area contributed by atoms with Gasteiger partial charge in [0.15, 0.2) is 0 Å². The van der Waals surface area contributed by atoms with Gasteiger partial charge in [0.05, 0.1) is 17.9 Å². The third-order valence-electron chi connectivity index (χ3n) is 3.20. The highest BCUT2D eigenvalue weighted by Crippen LogP contribution is 2.30. The molecule has 0 saturated carbocycles. The van der Waals surface area contributed by atoms with Crippen LogP contribution in [0.25, 0.3) is 0 Å². The topological polar surface area (TPSA) is 44.9 Å². The number of halogens is 1. The molecule has 0 radical (unpaired) electrons. The summed E-state index contributed by atoms with van der Waals surface area (Å²) in [6, 6.07) is 4.60. The zero-order valence-corrected chi connectivity index (χ0v) is 10.2. The standard InChI is InChI=1S/C13H13FN4/c1-8-12(7-17(2)16-8)18-6-9-3-4-10(14)5-11(9)13(18)15/h3-5,7,15H,6H2,1-2H3. The smallest absolute Gasteiger partial charge is 0.133 e. The maximum absolute atomic E-state index is 13.2. The summed E-state index contributed by atoms with van der Waals surface area (Å²) in [5.74, 6) is 0.0314. The number of fused-ring (bicyclic) bond motifs is 1. The predicted octanol–water partition coefficient (Wildman–Crippen LogP) is 2.21. The molecule has 0 atom stereocenters. The van der Waals surface area contributed by atoms with Gasteiger partial charge in [-0.3, -0.25) is 10.1 Å². The van der Waals surface area contributed by atoms with Crippen LogP contribution in [0.5, 0.6) is 0 Å². The number of benzene rings is 1. The Morgan fingerprint density at radius 3 is 2.83 bits per heavy atom. The van der Waals surface area contributed by atoms with Gasteiger partial charge in [0.1, 0.15) is 11.7 Å². The quantitative estimate of drug-likeness (QED) is 0.836. The van der Waals surface area contributed by atoms with Gasteiger partial charge in [-0.15, -0.1) is 0 Å². The maximum atomic E-state index is 13.2. The number of nitrogens with one attached hydrogen (secondary N) is 1. The molecule has 1 aromatic heterocycles. The van der Waals surface area contributed by atoms with E-state index in [-0.39, 0.29) is 5.82 Å². The molecule has 3 rings (SSSR count). The number of aromatic nitrogens is 2. The van der Waals surface area contributed by atoms with Crippen LogP contribution in [0.2, 0.25) is 0 Å². The minimum atomic E-state index is -0.303. The molecule has 92 valence electrons. The van der Waals surface area contributed by atoms with Crippen LogP contribution in [0.1, 0.15) is 16.8 Å². The lowest BCUT2D eigenvalue weighted by Crippen LogP contribution is -2.23. The van der Waals surface area contributed by atoms with Crippen molar-refractivity contribution in [2.45, 2.75) is 13.5 Å². The molecule has 0 saturated heterocycles. The van der Waals surface area contributed by atoms with Gasteiger partial charge in [-0.05, 0) is 24.6 Å². The van der Waals surface area contributed by atoms with Crippen molar-refractivity contribution < 1.29 is 4.39 Å². The molecule has 0 fully saturated rings. The fraction of sp³-hybridized carbons (Fsp3) is 0.231. The van der Waals surface area contributed by atoms with E-state index in [4.69, 9.17) is 5.41 Å². The Bertz CT molecular complexity index is 644. The zero-order chi connectivity index (χ0) is 12.9. The lowest BCUT2D eigenvalue weighted by Gasteiger charge is -2.16. The van der Waals surface area contributed by atoms with Gasteiger partial charge < -0.3 is 4.90 Å². The van der Waals surface area contributed by atoms with E-state index >= 15 is 0 Å². The number of rotatable bonds is 1. The molecular formula is C13H13FN4. The molecule has 1 N–H and O–H groups in total. The van der Waals surface area contributed by atoms with Crippen LogP contribution in [0.3, 0.4) is 0 Å². The number of aryl methyl sites for hydroxylation is 2. The van der Waals surface area contributed by atoms with Gasteiger partial charge >= 0.3 is 0 Å². The lowest BCUT2D eigenvalue weighted by atomic mass is 10.1. The Balaban J connectivity index is 2.05. The van der Waals surface area contributed by atoms with Crippen LogP contribution >= 0.6 is 0 Å². The second-order valence-corrected chi connectivity index (χ2v) is 4.51. The third-order valence-corrected chi connectivity index (χ3v) is 3.20. The molecule has 5 heteroatoms. The van der Waals surface area contributed by atoms with E-state index in [0.29, 0.717) is 17.9 Å². The maximum Gasteiger partial charge on any atom is 0.133 e. The van der Waals surface area contributed by atoms with Gasteiger partial charge in [0.2, 0.25) is 0 Å². The minimum Gasteiger partial charge on any atom is -0.319 e. The predicted molar refractivity (Wildman–Crippen MR) is 67.4 cm³/mol. The summed E-state index contributed by atoms with van der Waals surface area (Å²) in [5, 5.41) is 12.4. The average Bonchev–Trinajstić information content (AvgIpc) is 2.80. The number of hydrogen-bond donors (Lipinski definition) is 1. The summed E-state index contributed by atoms with van der Waals surface area (Å²) in [6.45, 7) is 2.51. The molecule has 2 heterocycles. The molecule has 1 aliphatic heterocycles. The van der Waals surface area contributed by atoms with Gasteiger partial charge in [-0.2, -0.15) is 5.10 Å². The molecule has 1 aliphatic rings. The summed E-state index contributed by atoms with van der Waals surface area (Å²) >= 11 is 0. The van der Waals surface area contributed by atoms with E-state index in [1.54, 1.807) is 10.7 Å². The van der Waals surface area contributed by atoms with Crippen molar-refractivity contribution in [2.75, 3.05) is 4.90 Å². The number of amidine groups is 1. The Morgan fingerprint density at radius 2 is 2.17 bits per heavy atom. The van der Waals surface area contributed by atoms with Crippen molar-refractivity contribution >= 4 is 11.5 Å². The normalized spacial score (nSPS) is 14.2. The van der Waals surface area contributed by atoms with Crippen LogP contribution < -0.4 is 4.90 Å². The van der Waals surface area contributed by atoms with Gasteiger partial charge in [-0.25, -0.2) is 4.39 Å². The van der Waals surface area contributed by atoms with E-state index in [9.17, 15) is 4.39 Å². The van der Waals surface area contributed by atoms with E-state index < -0.39 is 0 Å². The van der Waals surface area contributed by atoms with E-state index in [1.807, 2.05) is 25.1 Å². The molecule has 0 bridgehead atoms. The van der Waals surface area contributed by atoms with Crippen molar-refractivity contribution in [3.63, 3.8) is 0 Å². The van der Waals surface area contributed by atoms with Gasteiger partial charge in [-0.1, -0.05) is 6.07 Å². The second-order valence-electron chi connectivity index (χ2n) is 4.51. The van der Waals surface area contributed by atoms with Crippen molar-refractivity contribution in [3.8, 4) is 0 Å². The van der Waals surface area contributed by atoms with E-state index in [0.717, 1.165) is 16.9 Å². The summed E-state index contributed by atoms with van der Waals surface area (Å²) < 4.78 is 14.9. The van der Waals surface area contributed by atoms with Crippen molar-refractivity contribution in [1.82, 2.24) is 9.78 Å². The van der Waals surface area contributed by atoms with Gasteiger partial charge in [0.25, 0.3) is 0 Å². The fourth-order valence-electron chi connectivity index (χ4n) is 2.36. The summed E-state index contributed by atoms with van der Waals surface area (Å²) in [4.78, 5) is 1.85. The first-order chi connectivity index (χ1) is 8.56. The molecule has 0 amide bonds. The van der Waals surface area contributed by atoms with Crippen LogP contribution in [-0.2, 0) is 13.6 Å². The largest absolute Gasteiger partial charge is 0.319 e. The molecule has 4 nitrogen and oxygen atoms in total. The lowest BCUT2D eigenvalue weighted by molar-refractivity contribution is 0.627. The Hall–Kier alpha value is -2.17. The zero-order valence-electron chi connectivity index (χ0n) is 10.2. The average molecular weight is 244 g/mol. The number of hydrogen-bond acceptors (Lipinski definition) is 2. The fourth-order valence-corrected chi connectivity index (χ4v) is 2.36. The first-order valence-corrected chi connectivity index (χ1v) is 5.71. The highest BCUT2D eigenvalue weighted by atomic mass is 19.1. The SMILES string of the molecule is Cc1nn(C)cc1N1Cc2ccc(F)cc2C1=N. The summed E-state index contributed by atoms with van der Waals surface area (Å²) in [7, 11) is 1.85. The highest BCUT2D eigenvalue weighted by molar-refractivity contribution is 6.11. The minimum absolute atomic E-state index is 0.303. The molecule has 0 spiro atoms. The molecule has 18 heavy (non-hydrogen) atoms. The second kappa shape index (κ2) is 3.66. The molecule has 1 aromatic carbocycles. The molecule has 0 unspecified atom stereocenters. The molecular weight excluding hydrogens is 231 g/mol. The Kier molecular flexibility index (Phi) is 2.23. The molecule has 2 aromatic rings. The first kappa shape index (κ1) is 11.0. The van der Waals surface area contributed by atoms with Crippen molar-refractivity contribution in [3.05, 3.63) is 47.0 Å². The van der Waals surface area contributed by atoms with Crippen LogP contribution in [-0.4, -0.2) is 15.6 Å².